The number of nitrogens with two attached hydrogens (primary N) is 1. The van der Waals surface area contributed by atoms with Crippen LogP contribution in [0.4, 0.5) is 4.39 Å². The monoisotopic (exact) mass is 260 g/mol. The second kappa shape index (κ2) is 5.23. The minimum atomic E-state index is -0.381. The number of hydrogen-bond donors (Lipinski definition) is 2. The fourth-order valence-electron chi connectivity index (χ4n) is 1.61. The molecule has 0 aromatic heterocycles. The topological polar surface area (TPSA) is 49.9 Å². The van der Waals surface area contributed by atoms with Gasteiger partial charge in [0.1, 0.15) is 11.7 Å². The highest BCUT2D eigenvalue weighted by molar-refractivity contribution is 7.99. The summed E-state index contributed by atoms with van der Waals surface area (Å²) in [6.07, 6.45) is 0. The van der Waals surface area contributed by atoms with Crippen molar-refractivity contribution in [2.75, 3.05) is 0 Å². The van der Waals surface area contributed by atoms with Crippen molar-refractivity contribution in [1.82, 2.24) is 0 Å². The van der Waals surface area contributed by atoms with Crippen molar-refractivity contribution in [3.05, 3.63) is 59.4 Å². The number of halogens is 1. The van der Waals surface area contributed by atoms with Gasteiger partial charge in [-0.2, -0.15) is 0 Å². The molecule has 4 heteroatoms. The van der Waals surface area contributed by atoms with Gasteiger partial charge in [-0.15, -0.1) is 0 Å². The van der Waals surface area contributed by atoms with Crippen LogP contribution in [0.15, 0.2) is 52.3 Å². The molecule has 0 saturated carbocycles. The molecule has 0 radical (unpaired) electrons. The zero-order valence-electron chi connectivity index (χ0n) is 9.91. The summed E-state index contributed by atoms with van der Waals surface area (Å²) in [6, 6.07) is 12.3. The van der Waals surface area contributed by atoms with Gasteiger partial charge in [0, 0.05) is 15.4 Å². The minimum Gasteiger partial charge on any atom is -0.384 e. The molecule has 18 heavy (non-hydrogen) atoms. The Hall–Kier alpha value is -1.81. The second-order valence-electron chi connectivity index (χ2n) is 3.97. The molecule has 2 nitrogen and oxygen atoms in total. The molecule has 0 heterocycles. The van der Waals surface area contributed by atoms with E-state index < -0.39 is 0 Å². The lowest BCUT2D eigenvalue weighted by molar-refractivity contribution is 0.626. The van der Waals surface area contributed by atoms with Crippen molar-refractivity contribution < 1.29 is 4.39 Å². The Bertz CT molecular complexity index is 596. The summed E-state index contributed by atoms with van der Waals surface area (Å²) in [5, 5.41) is 7.48. The van der Waals surface area contributed by atoms with Gasteiger partial charge in [0.25, 0.3) is 0 Å². The van der Waals surface area contributed by atoms with E-state index in [1.165, 1.54) is 23.9 Å². The van der Waals surface area contributed by atoms with Crippen LogP contribution in [-0.4, -0.2) is 5.84 Å². The van der Waals surface area contributed by atoms with Crippen LogP contribution in [0.1, 0.15) is 11.1 Å². The van der Waals surface area contributed by atoms with E-state index in [1.54, 1.807) is 6.07 Å². The van der Waals surface area contributed by atoms with Crippen LogP contribution in [0.25, 0.3) is 0 Å². The first-order valence-electron chi connectivity index (χ1n) is 5.45. The minimum absolute atomic E-state index is 0.121. The van der Waals surface area contributed by atoms with Crippen LogP contribution in [0.2, 0.25) is 0 Å². The van der Waals surface area contributed by atoms with Crippen molar-refractivity contribution >= 4 is 17.6 Å². The van der Waals surface area contributed by atoms with Gasteiger partial charge in [0.2, 0.25) is 0 Å². The third-order valence-electron chi connectivity index (χ3n) is 2.45. The van der Waals surface area contributed by atoms with E-state index >= 15 is 0 Å². The van der Waals surface area contributed by atoms with E-state index in [2.05, 4.69) is 0 Å². The Morgan fingerprint density at radius 1 is 1.22 bits per heavy atom. The fourth-order valence-corrected chi connectivity index (χ4v) is 2.67. The lowest BCUT2D eigenvalue weighted by Crippen LogP contribution is -2.12. The van der Waals surface area contributed by atoms with Gasteiger partial charge in [0.15, 0.2) is 0 Å². The predicted octanol–water partition coefficient (Wildman–Crippen LogP) is 3.57. The number of nitrogens with one attached hydrogen (secondary N) is 1. The lowest BCUT2D eigenvalue weighted by Gasteiger charge is -2.08. The van der Waals surface area contributed by atoms with Crippen LogP contribution in [-0.2, 0) is 0 Å². The largest absolute Gasteiger partial charge is 0.384 e. The number of aryl methyl sites for hydroxylation is 1. The summed E-state index contributed by atoms with van der Waals surface area (Å²) in [5.41, 5.74) is 7.06. The molecule has 0 fully saturated rings. The maximum atomic E-state index is 13.1. The van der Waals surface area contributed by atoms with E-state index in [0.29, 0.717) is 5.56 Å². The molecule has 2 rings (SSSR count). The molecule has 0 aliphatic rings. The molecule has 0 unspecified atom stereocenters. The highest BCUT2D eigenvalue weighted by Crippen LogP contribution is 2.31. The molecule has 0 spiro atoms. The van der Waals surface area contributed by atoms with Gasteiger partial charge in [-0.1, -0.05) is 29.5 Å². The van der Waals surface area contributed by atoms with Crippen LogP contribution < -0.4 is 5.73 Å². The van der Waals surface area contributed by atoms with Gasteiger partial charge < -0.3 is 5.73 Å². The zero-order chi connectivity index (χ0) is 13.1. The highest BCUT2D eigenvalue weighted by atomic mass is 32.2. The van der Waals surface area contributed by atoms with E-state index in [1.807, 2.05) is 31.2 Å². The molecule has 0 aliphatic heterocycles. The first kappa shape index (κ1) is 12.6. The Morgan fingerprint density at radius 2 is 2.00 bits per heavy atom. The molecule has 0 bridgehead atoms. The summed E-state index contributed by atoms with van der Waals surface area (Å²) in [7, 11) is 0. The molecule has 0 aliphatic carbocycles. The van der Waals surface area contributed by atoms with Crippen molar-refractivity contribution in [3.8, 4) is 0 Å². The highest BCUT2D eigenvalue weighted by Gasteiger charge is 2.08. The molecular formula is C14H13FN2S. The third-order valence-corrected chi connectivity index (χ3v) is 3.51. The Morgan fingerprint density at radius 3 is 2.67 bits per heavy atom. The molecule has 0 atom stereocenters. The van der Waals surface area contributed by atoms with E-state index in [-0.39, 0.29) is 11.7 Å². The number of benzene rings is 2. The maximum absolute atomic E-state index is 13.1. The van der Waals surface area contributed by atoms with Gasteiger partial charge in [-0.25, -0.2) is 4.39 Å². The Labute approximate surface area is 110 Å². The fraction of sp³-hybridized carbons (Fsp3) is 0.0714. The van der Waals surface area contributed by atoms with E-state index in [0.717, 1.165) is 15.4 Å². The van der Waals surface area contributed by atoms with Gasteiger partial charge >= 0.3 is 0 Å². The Balaban J connectivity index is 2.37. The van der Waals surface area contributed by atoms with E-state index in [4.69, 9.17) is 11.1 Å². The zero-order valence-corrected chi connectivity index (χ0v) is 10.7. The molecular weight excluding hydrogens is 247 g/mol. The molecule has 0 amide bonds. The predicted molar refractivity (Wildman–Crippen MR) is 72.7 cm³/mol. The van der Waals surface area contributed by atoms with Gasteiger partial charge in [-0.3, -0.25) is 5.41 Å². The van der Waals surface area contributed by atoms with Gasteiger partial charge in [-0.05, 0) is 37.3 Å². The van der Waals surface area contributed by atoms with Crippen molar-refractivity contribution in [2.45, 2.75) is 16.7 Å². The summed E-state index contributed by atoms with van der Waals surface area (Å²) in [4.78, 5) is 1.83. The number of hydrogen-bond acceptors (Lipinski definition) is 2. The van der Waals surface area contributed by atoms with Crippen molar-refractivity contribution in [1.29, 1.82) is 5.41 Å². The molecule has 3 N–H and O–H groups in total. The summed E-state index contributed by atoms with van der Waals surface area (Å²) in [5.74, 6) is -0.501. The molecule has 0 saturated heterocycles. The summed E-state index contributed by atoms with van der Waals surface area (Å²) < 4.78 is 13.1. The number of amidine groups is 1. The van der Waals surface area contributed by atoms with Gasteiger partial charge in [0.05, 0.1) is 0 Å². The standard InChI is InChI=1S/C14H13FN2S/c1-9-3-2-4-11(7-9)18-13-6-5-10(15)8-12(13)14(16)17/h2-8H,1H3,(H3,16,17). The summed E-state index contributed by atoms with van der Waals surface area (Å²) >= 11 is 1.48. The quantitative estimate of drug-likeness (QED) is 0.654. The number of rotatable bonds is 3. The maximum Gasteiger partial charge on any atom is 0.124 e. The number of nitrogen functional groups attached to an aromatic ring is 1. The smallest absolute Gasteiger partial charge is 0.124 e. The van der Waals surface area contributed by atoms with E-state index in [9.17, 15) is 4.39 Å². The SMILES string of the molecule is Cc1cccc(Sc2ccc(F)cc2C(=N)N)c1. The van der Waals surface area contributed by atoms with Crippen LogP contribution in [0.3, 0.4) is 0 Å². The Kier molecular flexibility index (Phi) is 3.67. The molecule has 2 aromatic carbocycles. The summed E-state index contributed by atoms with van der Waals surface area (Å²) in [6.45, 7) is 2.01. The third kappa shape index (κ3) is 2.90. The van der Waals surface area contributed by atoms with Crippen molar-refractivity contribution in [3.63, 3.8) is 0 Å². The van der Waals surface area contributed by atoms with Crippen LogP contribution in [0, 0.1) is 18.2 Å². The van der Waals surface area contributed by atoms with Crippen molar-refractivity contribution in [2.24, 2.45) is 5.73 Å². The van der Waals surface area contributed by atoms with Crippen LogP contribution >= 0.6 is 11.8 Å². The molecule has 92 valence electrons. The molecule has 2 aromatic rings. The normalized spacial score (nSPS) is 10.3. The lowest BCUT2D eigenvalue weighted by atomic mass is 10.2. The second-order valence-corrected chi connectivity index (χ2v) is 5.09. The first-order valence-corrected chi connectivity index (χ1v) is 6.26. The van der Waals surface area contributed by atoms with Crippen LogP contribution in [0.5, 0.6) is 0 Å². The average molecular weight is 260 g/mol. The first-order chi connectivity index (χ1) is 8.56. The average Bonchev–Trinajstić information content (AvgIpc) is 2.31.